The van der Waals surface area contributed by atoms with E-state index in [1.165, 1.54) is 0 Å². The number of benzene rings is 4. The Morgan fingerprint density at radius 1 is 0.559 bits per heavy atom. The first-order valence-corrected chi connectivity index (χ1v) is 19.1. The highest BCUT2D eigenvalue weighted by atomic mass is 16.7. The predicted octanol–water partition coefficient (Wildman–Crippen LogP) is 0.584. The fraction of sp³-hybridized carbons (Fsp3) is 0.244. The second-order valence-corrected chi connectivity index (χ2v) is 14.9. The lowest BCUT2D eigenvalue weighted by Gasteiger charge is -2.44. The summed E-state index contributed by atoms with van der Waals surface area (Å²) in [6.45, 7) is -1.27. The predicted molar refractivity (Wildman–Crippen MR) is 207 cm³/mol. The molecule has 3 aliphatic heterocycles. The summed E-state index contributed by atoms with van der Waals surface area (Å²) >= 11 is 0. The molecule has 3 heterocycles. The highest BCUT2D eigenvalue weighted by molar-refractivity contribution is 5.97. The molecule has 8 atom stereocenters. The van der Waals surface area contributed by atoms with Crippen molar-refractivity contribution in [2.75, 3.05) is 6.61 Å². The summed E-state index contributed by atoms with van der Waals surface area (Å²) in [6, 6.07) is 3.89. The smallest absolute Gasteiger partial charge is 0.345 e. The van der Waals surface area contributed by atoms with E-state index in [2.05, 4.69) is 0 Å². The first-order chi connectivity index (χ1) is 32.0. The van der Waals surface area contributed by atoms with E-state index in [0.717, 1.165) is 0 Å². The van der Waals surface area contributed by atoms with Crippen molar-refractivity contribution in [3.05, 3.63) is 70.3 Å². The van der Waals surface area contributed by atoms with Crippen LogP contribution in [0, 0.1) is 5.92 Å². The molecule has 1 fully saturated rings. The number of phenols is 11. The van der Waals surface area contributed by atoms with Gasteiger partial charge < -0.3 is 99.5 Å². The number of hydrogen-bond donors (Lipinski definition) is 13. The first kappa shape index (κ1) is 46.7. The van der Waals surface area contributed by atoms with Crippen LogP contribution in [0.25, 0.3) is 0 Å². The summed E-state index contributed by atoms with van der Waals surface area (Å²) in [7, 11) is 0. The van der Waals surface area contributed by atoms with E-state index in [-0.39, 0.29) is 0 Å². The van der Waals surface area contributed by atoms with Gasteiger partial charge in [0.25, 0.3) is 0 Å². The lowest BCUT2D eigenvalue weighted by molar-refractivity contribution is -0.287. The maximum Gasteiger partial charge on any atom is 0.345 e. The standard InChI is InChI=1S/C41H32O27/c42-15-1-10(2-16(43)26(15)51)36(57)62-9-22-30-33(66-37(58)11-3-17(44)27(52)18(45)4-11)34(41(63-22)68-38(59)12-5-19(46)28(53)20(47)6-12)67-39(60)13-7-21(48)29(54)31-24(13)25(32(64-31)35(55)56)14(8-23(49)50)40(61)65-30/h1-7,14,22,25,30,32-34,41-48,51-54H,8-9H2,(H,49,50)(H,55,56)/t14?,22?,25?,30-,32?,33-,34?,41+/m1/s1. The lowest BCUT2D eigenvalue weighted by atomic mass is 9.79. The van der Waals surface area contributed by atoms with Crippen LogP contribution >= 0.6 is 0 Å². The molecular weight excluding hydrogens is 924 g/mol. The number of aliphatic carboxylic acids is 2. The van der Waals surface area contributed by atoms with Crippen molar-refractivity contribution in [3.63, 3.8) is 0 Å². The van der Waals surface area contributed by atoms with Crippen molar-refractivity contribution < 1.29 is 133 Å². The molecule has 0 amide bonds. The minimum absolute atomic E-state index is 0.479. The molecule has 68 heavy (non-hydrogen) atoms. The largest absolute Gasteiger partial charge is 0.504 e. The third-order valence-electron chi connectivity index (χ3n) is 10.6. The van der Waals surface area contributed by atoms with Crippen LogP contribution in [0.5, 0.6) is 69.0 Å². The summed E-state index contributed by atoms with van der Waals surface area (Å²) in [6.07, 6.45) is -16.0. The minimum atomic E-state index is -2.56. The van der Waals surface area contributed by atoms with E-state index in [0.29, 0.717) is 42.5 Å². The second-order valence-electron chi connectivity index (χ2n) is 14.9. The van der Waals surface area contributed by atoms with Gasteiger partial charge in [-0.3, -0.25) is 9.59 Å². The Morgan fingerprint density at radius 2 is 1.03 bits per heavy atom. The summed E-state index contributed by atoms with van der Waals surface area (Å²) in [4.78, 5) is 95.1. The molecule has 0 spiro atoms. The fourth-order valence-corrected chi connectivity index (χ4v) is 7.47. The molecule has 0 saturated carbocycles. The molecule has 27 nitrogen and oxygen atoms in total. The van der Waals surface area contributed by atoms with Crippen molar-refractivity contribution in [1.82, 2.24) is 0 Å². The van der Waals surface area contributed by atoms with Crippen LogP contribution in [-0.4, -0.2) is 152 Å². The Labute approximate surface area is 375 Å². The van der Waals surface area contributed by atoms with Gasteiger partial charge in [0.15, 0.2) is 75.5 Å². The number of rotatable bonds is 10. The second kappa shape index (κ2) is 17.6. The van der Waals surface area contributed by atoms with Crippen molar-refractivity contribution in [1.29, 1.82) is 0 Å². The molecule has 5 unspecified atom stereocenters. The van der Waals surface area contributed by atoms with Crippen molar-refractivity contribution >= 4 is 41.8 Å². The van der Waals surface area contributed by atoms with E-state index in [9.17, 15) is 99.9 Å². The number of carbonyl (C=O) groups is 7. The Hall–Kier alpha value is -9.27. The Kier molecular flexibility index (Phi) is 12.1. The van der Waals surface area contributed by atoms with E-state index in [4.69, 9.17) is 33.2 Å². The Morgan fingerprint density at radius 3 is 1.51 bits per heavy atom. The van der Waals surface area contributed by atoms with Crippen LogP contribution in [0.3, 0.4) is 0 Å². The van der Waals surface area contributed by atoms with E-state index in [1.807, 2.05) is 0 Å². The van der Waals surface area contributed by atoms with Gasteiger partial charge in [0.2, 0.25) is 24.2 Å². The average molecular weight is 957 g/mol. The van der Waals surface area contributed by atoms with Gasteiger partial charge in [-0.1, -0.05) is 0 Å². The maximum atomic E-state index is 14.6. The third kappa shape index (κ3) is 8.53. The highest BCUT2D eigenvalue weighted by Crippen LogP contribution is 2.54. The zero-order valence-corrected chi connectivity index (χ0v) is 33.6. The number of aromatic hydroxyl groups is 11. The number of esters is 5. The molecule has 0 aromatic heterocycles. The van der Waals surface area contributed by atoms with Crippen molar-refractivity contribution in [2.24, 2.45) is 5.92 Å². The number of phenolic OH excluding ortho intramolecular Hbond substituents is 11. The van der Waals surface area contributed by atoms with Crippen molar-refractivity contribution in [3.8, 4) is 69.0 Å². The minimum Gasteiger partial charge on any atom is -0.504 e. The summed E-state index contributed by atoms with van der Waals surface area (Å²) in [5.41, 5.74) is -3.99. The van der Waals surface area contributed by atoms with Gasteiger partial charge in [0.05, 0.1) is 40.5 Å². The number of carboxylic acids is 2. The van der Waals surface area contributed by atoms with Gasteiger partial charge in [-0.25, -0.2) is 24.0 Å². The van der Waals surface area contributed by atoms with E-state index >= 15 is 0 Å². The van der Waals surface area contributed by atoms with Gasteiger partial charge in [0.1, 0.15) is 12.7 Å². The molecule has 4 aromatic carbocycles. The molecule has 3 aliphatic rings. The molecule has 0 aliphatic carbocycles. The van der Waals surface area contributed by atoms with Crippen LogP contribution in [0.15, 0.2) is 42.5 Å². The van der Waals surface area contributed by atoms with Gasteiger partial charge in [-0.2, -0.15) is 0 Å². The zero-order chi connectivity index (χ0) is 49.8. The molecule has 0 radical (unpaired) electrons. The van der Waals surface area contributed by atoms with Gasteiger partial charge in [-0.05, 0) is 42.5 Å². The fourth-order valence-electron chi connectivity index (χ4n) is 7.47. The topological polar surface area (TPSA) is 447 Å². The lowest BCUT2D eigenvalue weighted by Crippen LogP contribution is -2.63. The van der Waals surface area contributed by atoms with Gasteiger partial charge >= 0.3 is 41.8 Å². The quantitative estimate of drug-likeness (QED) is 0.0587. The Bertz CT molecular complexity index is 2750. The molecule has 27 heteroatoms. The molecule has 358 valence electrons. The molecule has 2 bridgehead atoms. The number of carboxylic acid groups (broad SMARTS) is 2. The number of hydrogen-bond acceptors (Lipinski definition) is 25. The summed E-state index contributed by atoms with van der Waals surface area (Å²) < 4.78 is 39.0. The summed E-state index contributed by atoms with van der Waals surface area (Å²) in [5, 5.41) is 132. The number of carbonyl (C=O) groups excluding carboxylic acids is 5. The molecule has 1 saturated heterocycles. The Balaban J connectivity index is 1.43. The number of ether oxygens (including phenoxy) is 7. The molecular formula is C41H32O27. The van der Waals surface area contributed by atoms with Crippen LogP contribution in [-0.2, 0) is 42.8 Å². The van der Waals surface area contributed by atoms with Crippen molar-refractivity contribution in [2.45, 2.75) is 49.1 Å². The van der Waals surface area contributed by atoms with Crippen LogP contribution in [0.2, 0.25) is 0 Å². The molecule has 7 rings (SSSR count). The molecule has 13 N–H and O–H groups in total. The molecule has 4 aromatic rings. The van der Waals surface area contributed by atoms with E-state index in [1.54, 1.807) is 0 Å². The normalized spacial score (nSPS) is 22.8. The monoisotopic (exact) mass is 956 g/mol. The van der Waals surface area contributed by atoms with Gasteiger partial charge in [-0.15, -0.1) is 0 Å². The third-order valence-corrected chi connectivity index (χ3v) is 10.6. The average Bonchev–Trinajstić information content (AvgIpc) is 3.67. The number of fused-ring (bicyclic) bond motifs is 2. The highest BCUT2D eigenvalue weighted by Gasteiger charge is 2.58. The van der Waals surface area contributed by atoms with Crippen LogP contribution < -0.4 is 4.74 Å². The van der Waals surface area contributed by atoms with Crippen LogP contribution in [0.1, 0.15) is 59.3 Å². The zero-order valence-electron chi connectivity index (χ0n) is 33.6. The van der Waals surface area contributed by atoms with Crippen LogP contribution in [0.4, 0.5) is 0 Å². The maximum absolute atomic E-state index is 14.6. The SMILES string of the molecule is O=C(O)CC1C(=O)O[C@@H]2C(COC(=O)c3cc(O)c(O)c(O)c3)O[C@@H](OC(=O)c3cc(O)c(O)c(O)c3)C(OC(=O)c3cc(O)c(O)c4c3C1C(C(=O)O)O4)[C@@H]2OC(=O)c1cc(O)c(O)c(O)c1. The first-order valence-electron chi connectivity index (χ1n) is 19.1. The van der Waals surface area contributed by atoms with E-state index < -0.39 is 200 Å². The summed E-state index contributed by atoms with van der Waals surface area (Å²) in [5.74, 6) is -29.6. The van der Waals surface area contributed by atoms with Gasteiger partial charge in [0, 0.05) is 5.56 Å².